The molecule has 1 aromatic heterocycles. The van der Waals surface area contributed by atoms with Gasteiger partial charge in [0.2, 0.25) is 0 Å². The summed E-state index contributed by atoms with van der Waals surface area (Å²) < 4.78 is 0. The van der Waals surface area contributed by atoms with Crippen molar-refractivity contribution in [1.29, 1.82) is 0 Å². The lowest BCUT2D eigenvalue weighted by Crippen LogP contribution is -2.21. The Morgan fingerprint density at radius 2 is 2.19 bits per heavy atom. The van der Waals surface area contributed by atoms with Crippen LogP contribution in [0.2, 0.25) is 5.02 Å². The van der Waals surface area contributed by atoms with Crippen LogP contribution in [0.1, 0.15) is 12.0 Å². The Balaban J connectivity index is 2.13. The van der Waals surface area contributed by atoms with E-state index in [0.717, 1.165) is 30.0 Å². The quantitative estimate of drug-likeness (QED) is 0.777. The molecule has 0 amide bonds. The molecular formula is C13H13ClN2. The van der Waals surface area contributed by atoms with E-state index in [1.54, 1.807) is 0 Å². The summed E-state index contributed by atoms with van der Waals surface area (Å²) in [7, 11) is 0. The van der Waals surface area contributed by atoms with Gasteiger partial charge in [-0.05, 0) is 30.7 Å². The monoisotopic (exact) mass is 232 g/mol. The van der Waals surface area contributed by atoms with Gasteiger partial charge in [0.05, 0.1) is 0 Å². The highest BCUT2D eigenvalue weighted by Gasteiger charge is 2.10. The number of fused-ring (bicyclic) bond motifs is 1. The number of aromatic nitrogens is 1. The van der Waals surface area contributed by atoms with E-state index in [9.17, 15) is 0 Å². The Morgan fingerprint density at radius 3 is 3.00 bits per heavy atom. The Hall–Kier alpha value is -1.25. The van der Waals surface area contributed by atoms with Crippen LogP contribution in [0.25, 0.3) is 16.5 Å². The van der Waals surface area contributed by atoms with Crippen molar-refractivity contribution in [3.8, 4) is 0 Å². The van der Waals surface area contributed by atoms with Crippen LogP contribution in [0.4, 0.5) is 0 Å². The molecule has 2 N–H and O–H groups in total. The van der Waals surface area contributed by atoms with Gasteiger partial charge in [0.15, 0.2) is 0 Å². The fraction of sp³-hybridized carbons (Fsp3) is 0.231. The van der Waals surface area contributed by atoms with Crippen molar-refractivity contribution in [1.82, 2.24) is 10.3 Å². The van der Waals surface area contributed by atoms with Gasteiger partial charge in [-0.2, -0.15) is 0 Å². The maximum Gasteiger partial charge on any atom is 0.0475 e. The third kappa shape index (κ3) is 1.64. The lowest BCUT2D eigenvalue weighted by molar-refractivity contribution is 0.739. The summed E-state index contributed by atoms with van der Waals surface area (Å²) in [6.07, 6.45) is 5.49. The lowest BCUT2D eigenvalue weighted by Gasteiger charge is -2.13. The van der Waals surface area contributed by atoms with Crippen LogP contribution in [0.5, 0.6) is 0 Å². The SMILES string of the molecule is Clc1ccc2c(C3=CCCNC3)c[nH]c2c1. The van der Waals surface area contributed by atoms with Gasteiger partial charge in [0.1, 0.15) is 0 Å². The molecule has 1 aliphatic rings. The first-order valence-electron chi connectivity index (χ1n) is 5.51. The second-order valence-corrected chi connectivity index (χ2v) is 4.52. The first-order chi connectivity index (χ1) is 7.84. The van der Waals surface area contributed by atoms with Crippen LogP contribution < -0.4 is 5.32 Å². The molecule has 2 nitrogen and oxygen atoms in total. The van der Waals surface area contributed by atoms with Crippen molar-refractivity contribution in [2.75, 3.05) is 13.1 Å². The average molecular weight is 233 g/mol. The van der Waals surface area contributed by atoms with Gasteiger partial charge in [-0.1, -0.05) is 23.7 Å². The zero-order valence-corrected chi connectivity index (χ0v) is 9.64. The predicted molar refractivity (Wildman–Crippen MR) is 68.8 cm³/mol. The van der Waals surface area contributed by atoms with E-state index >= 15 is 0 Å². The van der Waals surface area contributed by atoms with E-state index in [1.165, 1.54) is 16.5 Å². The lowest BCUT2D eigenvalue weighted by atomic mass is 10.0. The van der Waals surface area contributed by atoms with Crippen LogP contribution >= 0.6 is 11.6 Å². The molecule has 0 bridgehead atoms. The van der Waals surface area contributed by atoms with Crippen LogP contribution in [0.3, 0.4) is 0 Å². The van der Waals surface area contributed by atoms with Gasteiger partial charge in [-0.3, -0.25) is 0 Å². The van der Waals surface area contributed by atoms with Crippen molar-refractivity contribution in [2.45, 2.75) is 6.42 Å². The summed E-state index contributed by atoms with van der Waals surface area (Å²) in [5, 5.41) is 5.42. The topological polar surface area (TPSA) is 27.8 Å². The number of aromatic amines is 1. The molecule has 0 saturated carbocycles. The second-order valence-electron chi connectivity index (χ2n) is 4.09. The normalized spacial score (nSPS) is 16.4. The van der Waals surface area contributed by atoms with Crippen molar-refractivity contribution >= 4 is 28.1 Å². The largest absolute Gasteiger partial charge is 0.361 e. The van der Waals surface area contributed by atoms with Gasteiger partial charge in [-0.15, -0.1) is 0 Å². The molecule has 0 unspecified atom stereocenters. The molecule has 0 spiro atoms. The summed E-state index contributed by atoms with van der Waals surface area (Å²) in [4.78, 5) is 3.27. The summed E-state index contributed by atoms with van der Waals surface area (Å²) >= 11 is 5.97. The van der Waals surface area contributed by atoms with Crippen LogP contribution in [0, 0.1) is 0 Å². The summed E-state index contributed by atoms with van der Waals surface area (Å²) in [6, 6.07) is 5.99. The highest BCUT2D eigenvalue weighted by atomic mass is 35.5. The molecule has 16 heavy (non-hydrogen) atoms. The van der Waals surface area contributed by atoms with Crippen LogP contribution in [0.15, 0.2) is 30.5 Å². The molecule has 0 radical (unpaired) electrons. The van der Waals surface area contributed by atoms with Crippen LogP contribution in [-0.2, 0) is 0 Å². The number of hydrogen-bond donors (Lipinski definition) is 2. The minimum atomic E-state index is 0.775. The van der Waals surface area contributed by atoms with E-state index in [4.69, 9.17) is 11.6 Å². The second kappa shape index (κ2) is 3.96. The zero-order valence-electron chi connectivity index (χ0n) is 8.89. The highest BCUT2D eigenvalue weighted by molar-refractivity contribution is 6.31. The van der Waals surface area contributed by atoms with Gasteiger partial charge in [-0.25, -0.2) is 0 Å². The van der Waals surface area contributed by atoms with E-state index < -0.39 is 0 Å². The maximum atomic E-state index is 5.97. The fourth-order valence-electron chi connectivity index (χ4n) is 2.21. The van der Waals surface area contributed by atoms with E-state index in [1.807, 2.05) is 12.1 Å². The molecule has 0 saturated heterocycles. The molecule has 3 rings (SSSR count). The fourth-order valence-corrected chi connectivity index (χ4v) is 2.39. The van der Waals surface area contributed by atoms with Crippen LogP contribution in [-0.4, -0.2) is 18.1 Å². The van der Waals surface area contributed by atoms with Crippen molar-refractivity contribution in [3.05, 3.63) is 41.1 Å². The molecule has 82 valence electrons. The maximum absolute atomic E-state index is 5.97. The third-order valence-corrected chi connectivity index (χ3v) is 3.25. The molecule has 1 aliphatic heterocycles. The average Bonchev–Trinajstić information content (AvgIpc) is 2.73. The summed E-state index contributed by atoms with van der Waals surface area (Å²) in [5.74, 6) is 0. The Morgan fingerprint density at radius 1 is 1.25 bits per heavy atom. The minimum absolute atomic E-state index is 0.775. The molecule has 2 aromatic rings. The molecule has 0 aliphatic carbocycles. The first kappa shape index (κ1) is 9.94. The number of hydrogen-bond acceptors (Lipinski definition) is 1. The van der Waals surface area contributed by atoms with Gasteiger partial charge < -0.3 is 10.3 Å². The summed E-state index contributed by atoms with van der Waals surface area (Å²) in [6.45, 7) is 2.03. The Kier molecular flexibility index (Phi) is 2.46. The third-order valence-electron chi connectivity index (χ3n) is 3.02. The van der Waals surface area contributed by atoms with Gasteiger partial charge >= 0.3 is 0 Å². The number of rotatable bonds is 1. The minimum Gasteiger partial charge on any atom is -0.361 e. The molecule has 3 heteroatoms. The zero-order chi connectivity index (χ0) is 11.0. The number of nitrogens with one attached hydrogen (secondary N) is 2. The van der Waals surface area contributed by atoms with E-state index in [-0.39, 0.29) is 0 Å². The number of halogens is 1. The standard InChI is InChI=1S/C13H13ClN2/c14-10-3-4-11-12(8-16-13(11)6-10)9-2-1-5-15-7-9/h2-4,6,8,15-16H,1,5,7H2. The van der Waals surface area contributed by atoms with E-state index in [0.29, 0.717) is 0 Å². The molecule has 2 heterocycles. The van der Waals surface area contributed by atoms with Crippen molar-refractivity contribution < 1.29 is 0 Å². The van der Waals surface area contributed by atoms with Crippen molar-refractivity contribution in [2.24, 2.45) is 0 Å². The predicted octanol–water partition coefficient (Wildman–Crippen LogP) is 3.20. The highest BCUT2D eigenvalue weighted by Crippen LogP contribution is 2.27. The number of benzene rings is 1. The van der Waals surface area contributed by atoms with E-state index in [2.05, 4.69) is 28.6 Å². The van der Waals surface area contributed by atoms with Crippen molar-refractivity contribution in [3.63, 3.8) is 0 Å². The molecule has 0 fully saturated rings. The molecule has 0 atom stereocenters. The molecule has 1 aromatic carbocycles. The number of H-pyrrole nitrogens is 1. The first-order valence-corrected chi connectivity index (χ1v) is 5.89. The smallest absolute Gasteiger partial charge is 0.0475 e. The molecular weight excluding hydrogens is 220 g/mol. The van der Waals surface area contributed by atoms with Gasteiger partial charge in [0, 0.05) is 34.2 Å². The Labute approximate surface area is 99.3 Å². The summed E-state index contributed by atoms with van der Waals surface area (Å²) in [5.41, 5.74) is 3.77. The Bertz CT molecular complexity index is 554. The van der Waals surface area contributed by atoms with Gasteiger partial charge in [0.25, 0.3) is 0 Å².